The van der Waals surface area contributed by atoms with Gasteiger partial charge in [-0.05, 0) is 38.9 Å². The maximum Gasteiger partial charge on any atom is 0.303 e. The van der Waals surface area contributed by atoms with E-state index in [2.05, 4.69) is 20.1 Å². The van der Waals surface area contributed by atoms with Gasteiger partial charge in [-0.3, -0.25) is 9.89 Å². The van der Waals surface area contributed by atoms with Crippen LogP contribution in [0.1, 0.15) is 37.4 Å². The zero-order valence-electron chi connectivity index (χ0n) is 13.1. The highest BCUT2D eigenvalue weighted by Gasteiger charge is 2.23. The normalized spacial score (nSPS) is 16.5. The first-order valence-electron chi connectivity index (χ1n) is 8.14. The van der Waals surface area contributed by atoms with Gasteiger partial charge < -0.3 is 10.0 Å². The van der Waals surface area contributed by atoms with E-state index in [-0.39, 0.29) is 6.42 Å². The summed E-state index contributed by atoms with van der Waals surface area (Å²) in [5.74, 6) is 1.42. The molecule has 0 unspecified atom stereocenters. The number of carboxylic acid groups (broad SMARTS) is 1. The first-order chi connectivity index (χ1) is 11.2. The van der Waals surface area contributed by atoms with Crippen molar-refractivity contribution in [3.05, 3.63) is 36.2 Å². The van der Waals surface area contributed by atoms with Crippen molar-refractivity contribution in [2.75, 3.05) is 19.6 Å². The molecule has 1 aliphatic rings. The number of aromatic amines is 1. The van der Waals surface area contributed by atoms with Crippen LogP contribution in [0, 0.1) is 0 Å². The van der Waals surface area contributed by atoms with Crippen LogP contribution in [0.3, 0.4) is 0 Å². The van der Waals surface area contributed by atoms with Crippen LogP contribution in [0.15, 0.2) is 30.3 Å². The number of piperidine rings is 1. The average Bonchev–Trinajstić information content (AvgIpc) is 3.06. The fourth-order valence-corrected chi connectivity index (χ4v) is 3.06. The van der Waals surface area contributed by atoms with Gasteiger partial charge in [0.05, 0.1) is 0 Å². The number of hydrogen-bond donors (Lipinski definition) is 2. The molecule has 6 nitrogen and oxygen atoms in total. The first kappa shape index (κ1) is 15.7. The van der Waals surface area contributed by atoms with Crippen LogP contribution in [-0.4, -0.2) is 50.8 Å². The zero-order valence-corrected chi connectivity index (χ0v) is 13.1. The van der Waals surface area contributed by atoms with Gasteiger partial charge in [0.2, 0.25) is 0 Å². The summed E-state index contributed by atoms with van der Waals surface area (Å²) < 4.78 is 0. The van der Waals surface area contributed by atoms with Gasteiger partial charge in [-0.15, -0.1) is 0 Å². The Bertz CT molecular complexity index is 633. The number of carbonyl (C=O) groups is 1. The highest BCUT2D eigenvalue weighted by molar-refractivity contribution is 5.66. The third-order valence-electron chi connectivity index (χ3n) is 4.37. The molecular formula is C17H22N4O2. The molecule has 23 heavy (non-hydrogen) atoms. The number of nitrogens with zero attached hydrogens (tertiary/aromatic N) is 3. The fourth-order valence-electron chi connectivity index (χ4n) is 3.06. The smallest absolute Gasteiger partial charge is 0.303 e. The number of hydrogen-bond acceptors (Lipinski definition) is 4. The molecule has 1 aliphatic heterocycles. The van der Waals surface area contributed by atoms with E-state index in [0.29, 0.717) is 5.92 Å². The summed E-state index contributed by atoms with van der Waals surface area (Å²) >= 11 is 0. The summed E-state index contributed by atoms with van der Waals surface area (Å²) in [4.78, 5) is 17.6. The summed E-state index contributed by atoms with van der Waals surface area (Å²) in [5.41, 5.74) is 1.03. The van der Waals surface area contributed by atoms with Crippen LogP contribution in [0.25, 0.3) is 11.4 Å². The maximum atomic E-state index is 10.6. The summed E-state index contributed by atoms with van der Waals surface area (Å²) in [6.07, 6.45) is 3.05. The molecule has 0 aliphatic carbocycles. The monoisotopic (exact) mass is 314 g/mol. The van der Waals surface area contributed by atoms with Crippen LogP contribution in [0.5, 0.6) is 0 Å². The Labute approximate surface area is 135 Å². The minimum Gasteiger partial charge on any atom is -0.481 e. The van der Waals surface area contributed by atoms with Gasteiger partial charge in [-0.25, -0.2) is 4.98 Å². The van der Waals surface area contributed by atoms with Crippen LogP contribution in [-0.2, 0) is 4.79 Å². The Hall–Kier alpha value is -2.21. The summed E-state index contributed by atoms with van der Waals surface area (Å²) in [7, 11) is 0. The Morgan fingerprint density at radius 1 is 1.26 bits per heavy atom. The van der Waals surface area contributed by atoms with Crippen molar-refractivity contribution in [1.29, 1.82) is 0 Å². The Balaban J connectivity index is 1.52. The second kappa shape index (κ2) is 7.37. The molecule has 0 bridgehead atoms. The largest absolute Gasteiger partial charge is 0.481 e. The summed E-state index contributed by atoms with van der Waals surface area (Å²) in [6.45, 7) is 2.85. The molecule has 6 heteroatoms. The second-order valence-corrected chi connectivity index (χ2v) is 6.02. The van der Waals surface area contributed by atoms with Crippen molar-refractivity contribution in [1.82, 2.24) is 20.1 Å². The Kier molecular flexibility index (Phi) is 5.02. The quantitative estimate of drug-likeness (QED) is 0.856. The number of H-pyrrole nitrogens is 1. The van der Waals surface area contributed by atoms with Crippen molar-refractivity contribution >= 4 is 5.97 Å². The second-order valence-electron chi connectivity index (χ2n) is 6.02. The van der Waals surface area contributed by atoms with Gasteiger partial charge in [-0.1, -0.05) is 30.3 Å². The average molecular weight is 314 g/mol. The van der Waals surface area contributed by atoms with Gasteiger partial charge in [0.25, 0.3) is 0 Å². The summed E-state index contributed by atoms with van der Waals surface area (Å²) in [5, 5.41) is 16.1. The highest BCUT2D eigenvalue weighted by atomic mass is 16.4. The Morgan fingerprint density at radius 3 is 2.70 bits per heavy atom. The standard InChI is InChI=1S/C17H22N4O2/c22-15(23)7-4-10-21-11-8-14(9-12-21)17-18-16(19-20-17)13-5-2-1-3-6-13/h1-3,5-6,14H,4,7-12H2,(H,22,23)(H,18,19,20). The molecule has 122 valence electrons. The van der Waals surface area contributed by atoms with Crippen molar-refractivity contribution in [3.63, 3.8) is 0 Å². The first-order valence-corrected chi connectivity index (χ1v) is 8.14. The molecule has 1 aromatic carbocycles. The highest BCUT2D eigenvalue weighted by Crippen LogP contribution is 2.27. The van der Waals surface area contributed by atoms with Gasteiger partial charge in [0.15, 0.2) is 5.82 Å². The molecule has 0 radical (unpaired) electrons. The predicted molar refractivity (Wildman–Crippen MR) is 87.1 cm³/mol. The lowest BCUT2D eigenvalue weighted by Crippen LogP contribution is -2.34. The molecule has 0 saturated carbocycles. The number of aliphatic carboxylic acids is 1. The number of aromatic nitrogens is 3. The minimum absolute atomic E-state index is 0.252. The molecule has 0 spiro atoms. The van der Waals surface area contributed by atoms with E-state index in [1.807, 2.05) is 30.3 Å². The molecule has 1 fully saturated rings. The number of rotatable bonds is 6. The molecule has 2 aromatic rings. The number of nitrogens with one attached hydrogen (secondary N) is 1. The molecule has 3 rings (SSSR count). The third kappa shape index (κ3) is 4.16. The van der Waals surface area contributed by atoms with E-state index >= 15 is 0 Å². The lowest BCUT2D eigenvalue weighted by atomic mass is 9.96. The van der Waals surface area contributed by atoms with Crippen molar-refractivity contribution in [2.45, 2.75) is 31.6 Å². The molecule has 2 N–H and O–H groups in total. The topological polar surface area (TPSA) is 82.1 Å². The Morgan fingerprint density at radius 2 is 2.00 bits per heavy atom. The number of carboxylic acids is 1. The molecule has 2 heterocycles. The molecule has 0 amide bonds. The lowest BCUT2D eigenvalue weighted by Gasteiger charge is -2.30. The zero-order chi connectivity index (χ0) is 16.1. The van der Waals surface area contributed by atoms with Crippen LogP contribution in [0.4, 0.5) is 0 Å². The fraction of sp³-hybridized carbons (Fsp3) is 0.471. The van der Waals surface area contributed by atoms with Gasteiger partial charge in [-0.2, -0.15) is 5.10 Å². The van der Waals surface area contributed by atoms with Crippen LogP contribution < -0.4 is 0 Å². The van der Waals surface area contributed by atoms with Crippen molar-refractivity contribution in [2.24, 2.45) is 0 Å². The van der Waals surface area contributed by atoms with Crippen molar-refractivity contribution in [3.8, 4) is 11.4 Å². The van der Waals surface area contributed by atoms with E-state index in [9.17, 15) is 4.79 Å². The lowest BCUT2D eigenvalue weighted by molar-refractivity contribution is -0.137. The SMILES string of the molecule is O=C(O)CCCN1CCC(c2nc(-c3ccccc3)n[nH]2)CC1. The predicted octanol–water partition coefficient (Wildman–Crippen LogP) is 2.52. The van der Waals surface area contributed by atoms with E-state index in [1.54, 1.807) is 0 Å². The van der Waals surface area contributed by atoms with E-state index < -0.39 is 5.97 Å². The summed E-state index contributed by atoms with van der Waals surface area (Å²) in [6, 6.07) is 9.98. The molecule has 1 saturated heterocycles. The van der Waals surface area contributed by atoms with Gasteiger partial charge >= 0.3 is 5.97 Å². The third-order valence-corrected chi connectivity index (χ3v) is 4.37. The molecule has 1 aromatic heterocycles. The maximum absolute atomic E-state index is 10.6. The molecule has 0 atom stereocenters. The van der Waals surface area contributed by atoms with Gasteiger partial charge in [0, 0.05) is 17.9 Å². The van der Waals surface area contributed by atoms with E-state index in [1.165, 1.54) is 0 Å². The van der Waals surface area contributed by atoms with E-state index in [4.69, 9.17) is 5.11 Å². The number of benzene rings is 1. The van der Waals surface area contributed by atoms with Crippen molar-refractivity contribution < 1.29 is 9.90 Å². The molecular weight excluding hydrogens is 292 g/mol. The minimum atomic E-state index is -0.713. The number of likely N-dealkylation sites (tertiary alicyclic amines) is 1. The van der Waals surface area contributed by atoms with Crippen LogP contribution in [0.2, 0.25) is 0 Å². The van der Waals surface area contributed by atoms with Crippen LogP contribution >= 0.6 is 0 Å². The van der Waals surface area contributed by atoms with E-state index in [0.717, 1.165) is 56.1 Å². The van der Waals surface area contributed by atoms with Gasteiger partial charge in [0.1, 0.15) is 5.82 Å².